The van der Waals surface area contributed by atoms with E-state index in [9.17, 15) is 0 Å². The molecule has 5 heteroatoms. The van der Waals surface area contributed by atoms with Crippen LogP contribution < -0.4 is 15.4 Å². The number of halogens is 1. The van der Waals surface area contributed by atoms with Crippen LogP contribution in [0.3, 0.4) is 0 Å². The van der Waals surface area contributed by atoms with Gasteiger partial charge in [0.2, 0.25) is 0 Å². The molecule has 0 spiro atoms. The van der Waals surface area contributed by atoms with Crippen molar-refractivity contribution < 1.29 is 4.74 Å². The highest BCUT2D eigenvalue weighted by molar-refractivity contribution is 6.31. The van der Waals surface area contributed by atoms with Crippen LogP contribution >= 0.6 is 11.6 Å². The van der Waals surface area contributed by atoms with Crippen LogP contribution in [0.15, 0.2) is 36.4 Å². The minimum absolute atomic E-state index is 0.694. The smallest absolute Gasteiger partial charge is 0.119 e. The average Bonchev–Trinajstić information content (AvgIpc) is 2.57. The molecule has 4 nitrogen and oxygen atoms in total. The molecule has 0 aliphatic carbocycles. The molecule has 0 amide bonds. The van der Waals surface area contributed by atoms with Gasteiger partial charge in [-0.1, -0.05) is 11.6 Å². The number of rotatable bonds is 6. The summed E-state index contributed by atoms with van der Waals surface area (Å²) in [5.74, 6) is 0.825. The Balaban J connectivity index is 2.14. The van der Waals surface area contributed by atoms with Gasteiger partial charge >= 0.3 is 0 Å². The molecule has 0 radical (unpaired) electrons. The lowest BCUT2D eigenvalue weighted by Crippen LogP contribution is -2.13. The zero-order valence-corrected chi connectivity index (χ0v) is 14.1. The first-order valence-electron chi connectivity index (χ1n) is 7.68. The van der Waals surface area contributed by atoms with E-state index in [0.717, 1.165) is 52.8 Å². The maximum atomic E-state index is 6.13. The Morgan fingerprint density at radius 3 is 2.70 bits per heavy atom. The van der Waals surface area contributed by atoms with Crippen LogP contribution in [0.5, 0.6) is 5.75 Å². The van der Waals surface area contributed by atoms with Gasteiger partial charge in [-0.05, 0) is 56.4 Å². The van der Waals surface area contributed by atoms with Crippen molar-refractivity contribution in [2.45, 2.75) is 6.42 Å². The second-order valence-electron chi connectivity index (χ2n) is 5.42. The van der Waals surface area contributed by atoms with Crippen molar-refractivity contribution in [2.75, 3.05) is 32.6 Å². The van der Waals surface area contributed by atoms with Crippen LogP contribution in [-0.4, -0.2) is 32.2 Å². The van der Waals surface area contributed by atoms with Gasteiger partial charge in [-0.25, -0.2) is 4.98 Å². The minimum atomic E-state index is 0.694. The molecule has 0 bridgehead atoms. The van der Waals surface area contributed by atoms with Crippen LogP contribution in [0.4, 0.5) is 5.69 Å². The normalized spacial score (nSPS) is 11.1. The minimum Gasteiger partial charge on any atom is -0.497 e. The molecule has 3 rings (SSSR count). The molecular weight excluding hydrogens is 310 g/mol. The second kappa shape index (κ2) is 7.02. The van der Waals surface area contributed by atoms with Crippen LogP contribution in [0.2, 0.25) is 5.02 Å². The third-order valence-electron chi connectivity index (χ3n) is 3.85. The van der Waals surface area contributed by atoms with Crippen LogP contribution in [0, 0.1) is 0 Å². The van der Waals surface area contributed by atoms with Crippen molar-refractivity contribution in [1.29, 1.82) is 0 Å². The predicted molar refractivity (Wildman–Crippen MR) is 97.8 cm³/mol. The monoisotopic (exact) mass is 329 g/mol. The Labute approximate surface area is 140 Å². The summed E-state index contributed by atoms with van der Waals surface area (Å²) in [6.07, 6.45) is 1.04. The Kier molecular flexibility index (Phi) is 4.84. The fourth-order valence-corrected chi connectivity index (χ4v) is 2.86. The van der Waals surface area contributed by atoms with Crippen molar-refractivity contribution in [3.05, 3.63) is 41.4 Å². The summed E-state index contributed by atoms with van der Waals surface area (Å²) < 4.78 is 5.36. The van der Waals surface area contributed by atoms with E-state index in [1.165, 1.54) is 0 Å². The molecule has 0 saturated heterocycles. The SMILES string of the molecule is CNCCCNc1c2ccc(Cl)cc2nc2ccc(OC)cc12. The lowest BCUT2D eigenvalue weighted by atomic mass is 10.1. The topological polar surface area (TPSA) is 46.2 Å². The predicted octanol–water partition coefficient (Wildman–Crippen LogP) is 4.07. The van der Waals surface area contributed by atoms with E-state index in [1.54, 1.807) is 7.11 Å². The molecule has 0 fully saturated rings. The Morgan fingerprint density at radius 1 is 1.04 bits per heavy atom. The molecular formula is C18H20ClN3O. The van der Waals surface area contributed by atoms with E-state index in [1.807, 2.05) is 43.4 Å². The van der Waals surface area contributed by atoms with Gasteiger partial charge < -0.3 is 15.4 Å². The van der Waals surface area contributed by atoms with E-state index >= 15 is 0 Å². The van der Waals surface area contributed by atoms with E-state index in [-0.39, 0.29) is 0 Å². The molecule has 23 heavy (non-hydrogen) atoms. The Hall–Kier alpha value is -2.04. The van der Waals surface area contributed by atoms with Gasteiger partial charge in [0.15, 0.2) is 0 Å². The highest BCUT2D eigenvalue weighted by atomic mass is 35.5. The van der Waals surface area contributed by atoms with E-state index in [2.05, 4.69) is 10.6 Å². The van der Waals surface area contributed by atoms with E-state index in [0.29, 0.717) is 5.02 Å². The number of nitrogens with zero attached hydrogens (tertiary/aromatic N) is 1. The summed E-state index contributed by atoms with van der Waals surface area (Å²) in [6.45, 7) is 1.86. The van der Waals surface area contributed by atoms with Gasteiger partial charge in [-0.2, -0.15) is 0 Å². The van der Waals surface area contributed by atoms with Crippen molar-refractivity contribution >= 4 is 39.1 Å². The maximum Gasteiger partial charge on any atom is 0.119 e. The van der Waals surface area contributed by atoms with Crippen molar-refractivity contribution in [3.8, 4) is 5.75 Å². The number of hydrogen-bond donors (Lipinski definition) is 2. The summed E-state index contributed by atoms with van der Waals surface area (Å²) in [6, 6.07) is 11.8. The Bertz CT molecular complexity index is 835. The Morgan fingerprint density at radius 2 is 1.91 bits per heavy atom. The van der Waals surface area contributed by atoms with Crippen LogP contribution in [-0.2, 0) is 0 Å². The lowest BCUT2D eigenvalue weighted by Gasteiger charge is -2.14. The number of ether oxygens (including phenoxy) is 1. The summed E-state index contributed by atoms with van der Waals surface area (Å²) in [7, 11) is 3.64. The van der Waals surface area contributed by atoms with Gasteiger partial charge in [-0.15, -0.1) is 0 Å². The molecule has 0 aliphatic rings. The van der Waals surface area contributed by atoms with E-state index in [4.69, 9.17) is 21.3 Å². The molecule has 2 N–H and O–H groups in total. The first-order chi connectivity index (χ1) is 11.2. The molecule has 0 aliphatic heterocycles. The number of fused-ring (bicyclic) bond motifs is 2. The highest BCUT2D eigenvalue weighted by Gasteiger charge is 2.10. The number of pyridine rings is 1. The van der Waals surface area contributed by atoms with Crippen molar-refractivity contribution in [3.63, 3.8) is 0 Å². The molecule has 120 valence electrons. The zero-order chi connectivity index (χ0) is 16.2. The van der Waals surface area contributed by atoms with Gasteiger partial charge in [0, 0.05) is 22.3 Å². The summed E-state index contributed by atoms with van der Waals surface area (Å²) in [5, 5.41) is 9.54. The maximum absolute atomic E-state index is 6.13. The molecule has 0 saturated carbocycles. The second-order valence-corrected chi connectivity index (χ2v) is 5.85. The molecule has 2 aromatic carbocycles. The number of benzene rings is 2. The average molecular weight is 330 g/mol. The van der Waals surface area contributed by atoms with Crippen molar-refractivity contribution in [1.82, 2.24) is 10.3 Å². The third-order valence-corrected chi connectivity index (χ3v) is 4.08. The molecule has 1 heterocycles. The first-order valence-corrected chi connectivity index (χ1v) is 8.06. The molecule has 0 unspecified atom stereocenters. The van der Waals surface area contributed by atoms with Crippen molar-refractivity contribution in [2.24, 2.45) is 0 Å². The fraction of sp³-hybridized carbons (Fsp3) is 0.278. The number of hydrogen-bond acceptors (Lipinski definition) is 4. The van der Waals surface area contributed by atoms with Gasteiger partial charge in [0.05, 0.1) is 23.8 Å². The molecule has 0 atom stereocenters. The number of methoxy groups -OCH3 is 1. The van der Waals surface area contributed by atoms with Gasteiger partial charge in [-0.3, -0.25) is 0 Å². The van der Waals surface area contributed by atoms with Gasteiger partial charge in [0.25, 0.3) is 0 Å². The molecule has 1 aromatic heterocycles. The highest BCUT2D eigenvalue weighted by Crippen LogP contribution is 2.34. The number of aromatic nitrogens is 1. The first kappa shape index (κ1) is 15.8. The standard InChI is InChI=1S/C18H20ClN3O/c1-20-8-3-9-21-18-14-6-4-12(19)10-17(14)22-16-7-5-13(23-2)11-15(16)18/h4-7,10-11,20H,3,8-9H2,1-2H3,(H,21,22). The quantitative estimate of drug-likeness (QED) is 0.528. The molecule has 3 aromatic rings. The lowest BCUT2D eigenvalue weighted by molar-refractivity contribution is 0.415. The van der Waals surface area contributed by atoms with Gasteiger partial charge in [0.1, 0.15) is 5.75 Å². The summed E-state index contributed by atoms with van der Waals surface area (Å²) >= 11 is 6.13. The summed E-state index contributed by atoms with van der Waals surface area (Å²) in [4.78, 5) is 4.73. The fourth-order valence-electron chi connectivity index (χ4n) is 2.69. The number of anilines is 1. The van der Waals surface area contributed by atoms with Crippen LogP contribution in [0.25, 0.3) is 21.8 Å². The van der Waals surface area contributed by atoms with E-state index < -0.39 is 0 Å². The third kappa shape index (κ3) is 3.33. The summed E-state index contributed by atoms with van der Waals surface area (Å²) in [5.41, 5.74) is 2.90. The largest absolute Gasteiger partial charge is 0.497 e. The zero-order valence-electron chi connectivity index (χ0n) is 13.3. The van der Waals surface area contributed by atoms with Crippen LogP contribution in [0.1, 0.15) is 6.42 Å². The number of nitrogens with one attached hydrogen (secondary N) is 2.